The number of carbonyl (C=O) groups excluding carboxylic acids is 1. The maximum absolute atomic E-state index is 13.5. The third-order valence-electron chi connectivity index (χ3n) is 3.02. The first-order valence-electron chi connectivity index (χ1n) is 5.82. The van der Waals surface area contributed by atoms with Gasteiger partial charge in [0.1, 0.15) is 5.82 Å². The van der Waals surface area contributed by atoms with Crippen molar-refractivity contribution in [3.8, 4) is 0 Å². The maximum atomic E-state index is 13.5. The predicted octanol–water partition coefficient (Wildman–Crippen LogP) is 2.73. The number of hydrogen-bond donors (Lipinski definition) is 2. The Balaban J connectivity index is 3.11. The Labute approximate surface area is 113 Å². The van der Waals surface area contributed by atoms with E-state index in [1.807, 2.05) is 0 Å². The second-order valence-corrected chi connectivity index (χ2v) is 5.04. The normalized spacial score (nSPS) is 14.0. The van der Waals surface area contributed by atoms with Crippen LogP contribution in [0.4, 0.5) is 17.6 Å². The molecule has 1 atom stereocenters. The summed E-state index contributed by atoms with van der Waals surface area (Å²) < 4.78 is 51.1. The van der Waals surface area contributed by atoms with Gasteiger partial charge in [-0.1, -0.05) is 0 Å². The summed E-state index contributed by atoms with van der Waals surface area (Å²) in [6, 6.07) is 1.60. The number of halogens is 4. The highest BCUT2D eigenvalue weighted by atomic mass is 19.4. The van der Waals surface area contributed by atoms with Gasteiger partial charge >= 0.3 is 6.18 Å². The van der Waals surface area contributed by atoms with Gasteiger partial charge in [0.05, 0.1) is 22.8 Å². The first-order valence-corrected chi connectivity index (χ1v) is 5.82. The molecule has 7 heteroatoms. The van der Waals surface area contributed by atoms with Crippen LogP contribution in [0.5, 0.6) is 0 Å². The van der Waals surface area contributed by atoms with Crippen LogP contribution in [0.3, 0.4) is 0 Å². The minimum atomic E-state index is -4.66. The monoisotopic (exact) mass is 293 g/mol. The summed E-state index contributed by atoms with van der Waals surface area (Å²) in [5.74, 6) is -2.07. The molecule has 0 aliphatic rings. The molecule has 0 aliphatic carbocycles. The van der Waals surface area contributed by atoms with Crippen molar-refractivity contribution >= 4 is 5.91 Å². The summed E-state index contributed by atoms with van der Waals surface area (Å²) in [6.45, 7) is 4.35. The summed E-state index contributed by atoms with van der Waals surface area (Å²) in [5.41, 5.74) is -2.93. The van der Waals surface area contributed by atoms with Gasteiger partial charge in [-0.05, 0) is 39.0 Å². The van der Waals surface area contributed by atoms with Crippen LogP contribution in [-0.4, -0.2) is 22.7 Å². The quantitative estimate of drug-likeness (QED) is 0.842. The standard InChI is InChI=1S/C13H15F4NO2/c1-7(19)12(2,3)18-11(20)9-6-8(13(15,16)17)4-5-10(9)14/h4-7,19H,1-3H3,(H,18,20). The van der Waals surface area contributed by atoms with Crippen LogP contribution in [0.25, 0.3) is 0 Å². The number of benzene rings is 1. The third-order valence-corrected chi connectivity index (χ3v) is 3.02. The lowest BCUT2D eigenvalue weighted by Crippen LogP contribution is -2.51. The fourth-order valence-electron chi connectivity index (χ4n) is 1.34. The molecule has 3 nitrogen and oxygen atoms in total. The molecular weight excluding hydrogens is 278 g/mol. The number of aliphatic hydroxyl groups excluding tert-OH is 1. The van der Waals surface area contributed by atoms with Crippen molar-refractivity contribution in [1.29, 1.82) is 0 Å². The van der Waals surface area contributed by atoms with E-state index in [-0.39, 0.29) is 0 Å². The van der Waals surface area contributed by atoms with Crippen molar-refractivity contribution in [1.82, 2.24) is 5.32 Å². The number of alkyl halides is 3. The summed E-state index contributed by atoms with van der Waals surface area (Å²) in [4.78, 5) is 11.8. The fourth-order valence-corrected chi connectivity index (χ4v) is 1.34. The largest absolute Gasteiger partial charge is 0.416 e. The van der Waals surface area contributed by atoms with E-state index in [2.05, 4.69) is 5.32 Å². The minimum Gasteiger partial charge on any atom is -0.391 e. The molecule has 112 valence electrons. The van der Waals surface area contributed by atoms with Gasteiger partial charge in [-0.3, -0.25) is 4.79 Å². The zero-order chi connectivity index (χ0) is 15.7. The molecule has 0 spiro atoms. The fraction of sp³-hybridized carbons (Fsp3) is 0.462. The molecule has 1 amide bonds. The molecule has 0 aromatic heterocycles. The third kappa shape index (κ3) is 3.69. The second-order valence-electron chi connectivity index (χ2n) is 5.04. The highest BCUT2D eigenvalue weighted by molar-refractivity contribution is 5.95. The van der Waals surface area contributed by atoms with Crippen molar-refractivity contribution < 1.29 is 27.5 Å². The first-order chi connectivity index (χ1) is 8.95. The Bertz CT molecular complexity index is 510. The number of rotatable bonds is 3. The minimum absolute atomic E-state index is 0.447. The average Bonchev–Trinajstić information content (AvgIpc) is 2.26. The molecule has 0 saturated carbocycles. The van der Waals surface area contributed by atoms with E-state index < -0.39 is 40.7 Å². The molecule has 0 bridgehead atoms. The lowest BCUT2D eigenvalue weighted by atomic mass is 9.98. The van der Waals surface area contributed by atoms with Gasteiger partial charge in [0.25, 0.3) is 5.91 Å². The van der Waals surface area contributed by atoms with E-state index in [0.717, 1.165) is 0 Å². The smallest absolute Gasteiger partial charge is 0.391 e. The van der Waals surface area contributed by atoms with Gasteiger partial charge in [-0.2, -0.15) is 13.2 Å². The highest BCUT2D eigenvalue weighted by Gasteiger charge is 2.33. The molecule has 1 aromatic carbocycles. The van der Waals surface area contributed by atoms with Crippen molar-refractivity contribution in [2.45, 2.75) is 38.6 Å². The summed E-state index contributed by atoms with van der Waals surface area (Å²) in [7, 11) is 0. The zero-order valence-corrected chi connectivity index (χ0v) is 11.2. The van der Waals surface area contributed by atoms with Crippen LogP contribution < -0.4 is 5.32 Å². The molecule has 0 radical (unpaired) electrons. The van der Waals surface area contributed by atoms with E-state index in [4.69, 9.17) is 0 Å². The molecule has 0 saturated heterocycles. The van der Waals surface area contributed by atoms with Gasteiger partial charge in [-0.15, -0.1) is 0 Å². The summed E-state index contributed by atoms with van der Waals surface area (Å²) in [6.07, 6.45) is -5.62. The Morgan fingerprint density at radius 3 is 2.30 bits per heavy atom. The van der Waals surface area contributed by atoms with Crippen molar-refractivity contribution in [3.05, 3.63) is 35.1 Å². The van der Waals surface area contributed by atoms with Crippen LogP contribution in [0, 0.1) is 5.82 Å². The Morgan fingerprint density at radius 1 is 1.30 bits per heavy atom. The number of amides is 1. The van der Waals surface area contributed by atoms with E-state index in [1.165, 1.54) is 20.8 Å². The van der Waals surface area contributed by atoms with E-state index in [1.54, 1.807) is 0 Å². The van der Waals surface area contributed by atoms with Crippen molar-refractivity contribution in [2.75, 3.05) is 0 Å². The lowest BCUT2D eigenvalue weighted by molar-refractivity contribution is -0.137. The molecule has 1 aromatic rings. The molecule has 2 N–H and O–H groups in total. The lowest BCUT2D eigenvalue weighted by Gasteiger charge is -2.29. The number of nitrogens with one attached hydrogen (secondary N) is 1. The van der Waals surface area contributed by atoms with Crippen LogP contribution in [0.15, 0.2) is 18.2 Å². The van der Waals surface area contributed by atoms with Crippen LogP contribution in [-0.2, 0) is 6.18 Å². The highest BCUT2D eigenvalue weighted by Crippen LogP contribution is 2.30. The SMILES string of the molecule is CC(O)C(C)(C)NC(=O)c1cc(C(F)(F)F)ccc1F. The average molecular weight is 293 g/mol. The molecule has 0 heterocycles. The first kappa shape index (κ1) is 16.4. The van der Waals surface area contributed by atoms with Crippen molar-refractivity contribution in [2.24, 2.45) is 0 Å². The predicted molar refractivity (Wildman–Crippen MR) is 64.6 cm³/mol. The van der Waals surface area contributed by atoms with Crippen LogP contribution >= 0.6 is 0 Å². The van der Waals surface area contributed by atoms with Crippen molar-refractivity contribution in [3.63, 3.8) is 0 Å². The maximum Gasteiger partial charge on any atom is 0.416 e. The van der Waals surface area contributed by atoms with E-state index in [9.17, 15) is 27.5 Å². The van der Waals surface area contributed by atoms with Gasteiger partial charge in [0.2, 0.25) is 0 Å². The Kier molecular flexibility index (Phi) is 4.43. The molecule has 0 fully saturated rings. The number of carbonyl (C=O) groups is 1. The summed E-state index contributed by atoms with van der Waals surface area (Å²) in [5, 5.41) is 11.7. The Hall–Kier alpha value is -1.63. The topological polar surface area (TPSA) is 49.3 Å². The van der Waals surface area contributed by atoms with Gasteiger partial charge in [0.15, 0.2) is 0 Å². The molecule has 0 aliphatic heterocycles. The van der Waals surface area contributed by atoms with Crippen LogP contribution in [0.2, 0.25) is 0 Å². The van der Waals surface area contributed by atoms with Gasteiger partial charge in [-0.25, -0.2) is 4.39 Å². The summed E-state index contributed by atoms with van der Waals surface area (Å²) >= 11 is 0. The molecule has 1 rings (SSSR count). The van der Waals surface area contributed by atoms with E-state index in [0.29, 0.717) is 18.2 Å². The Morgan fingerprint density at radius 2 is 1.85 bits per heavy atom. The zero-order valence-electron chi connectivity index (χ0n) is 11.2. The van der Waals surface area contributed by atoms with Gasteiger partial charge in [0, 0.05) is 0 Å². The van der Waals surface area contributed by atoms with Gasteiger partial charge < -0.3 is 10.4 Å². The van der Waals surface area contributed by atoms with Crippen LogP contribution in [0.1, 0.15) is 36.7 Å². The molecular formula is C13H15F4NO2. The second kappa shape index (κ2) is 5.40. The number of hydrogen-bond acceptors (Lipinski definition) is 2. The number of aliphatic hydroxyl groups is 1. The van der Waals surface area contributed by atoms with E-state index >= 15 is 0 Å². The molecule has 1 unspecified atom stereocenters. The molecule has 20 heavy (non-hydrogen) atoms.